The van der Waals surface area contributed by atoms with Crippen LogP contribution in [0.5, 0.6) is 0 Å². The van der Waals surface area contributed by atoms with Crippen molar-refractivity contribution in [2.45, 2.75) is 252 Å². The third-order valence-electron chi connectivity index (χ3n) is 10.3. The molecule has 0 saturated heterocycles. The topological polar surface area (TPSA) is 3.88 Å². The van der Waals surface area contributed by atoms with Gasteiger partial charge in [0.25, 0.3) is 0 Å². The minimum absolute atomic E-state index is 1.21. The minimum Gasteiger partial charge on any atom is -0.205 e. The average molecular weight is 627 g/mol. The highest BCUT2D eigenvalue weighted by atomic mass is 14.9. The van der Waals surface area contributed by atoms with Crippen molar-refractivity contribution in [1.82, 2.24) is 0 Å². The second kappa shape index (κ2) is 34.5. The minimum atomic E-state index is 1.21. The number of nitrogens with zero attached hydrogens (tertiary/aromatic N) is 1. The van der Waals surface area contributed by atoms with Crippen molar-refractivity contribution < 1.29 is 4.57 Å². The number of hydrogen-bond donors (Lipinski definition) is 0. The standard InChI is InChI=1S/C44H84N/c1-4-7-10-13-16-19-20-21-22-23-24-25-26-27-30-33-36-40-45-41-39-43(37-34-31-28-17-14-11-8-5-2)44(42-45)38-35-32-29-18-15-12-9-6-3/h39,41-42H,4-38,40H2,1-3H3/q+1. The van der Waals surface area contributed by atoms with Crippen molar-refractivity contribution >= 4 is 0 Å². The molecule has 1 aromatic rings. The maximum absolute atomic E-state index is 2.55. The first-order chi connectivity index (χ1) is 22.3. The van der Waals surface area contributed by atoms with E-state index in [1.165, 1.54) is 231 Å². The van der Waals surface area contributed by atoms with Gasteiger partial charge in [-0.15, -0.1) is 0 Å². The average Bonchev–Trinajstić information content (AvgIpc) is 3.05. The molecule has 0 fully saturated rings. The van der Waals surface area contributed by atoms with E-state index >= 15 is 0 Å². The van der Waals surface area contributed by atoms with Gasteiger partial charge in [-0.05, 0) is 37.7 Å². The van der Waals surface area contributed by atoms with Crippen LogP contribution in [0.2, 0.25) is 0 Å². The highest BCUT2D eigenvalue weighted by Crippen LogP contribution is 2.18. The Balaban J connectivity index is 2.22. The van der Waals surface area contributed by atoms with Crippen LogP contribution >= 0.6 is 0 Å². The molecule has 0 unspecified atom stereocenters. The predicted octanol–water partition coefficient (Wildman–Crippen LogP) is 15.0. The Morgan fingerprint density at radius 2 is 0.622 bits per heavy atom. The summed E-state index contributed by atoms with van der Waals surface area (Å²) in [6.45, 7) is 8.15. The van der Waals surface area contributed by atoms with Crippen LogP contribution < -0.4 is 4.57 Å². The highest BCUT2D eigenvalue weighted by molar-refractivity contribution is 5.21. The van der Waals surface area contributed by atoms with Crippen LogP contribution in [-0.2, 0) is 19.4 Å². The van der Waals surface area contributed by atoms with Crippen LogP contribution in [0.25, 0.3) is 0 Å². The van der Waals surface area contributed by atoms with Gasteiger partial charge < -0.3 is 0 Å². The molecule has 1 nitrogen and oxygen atoms in total. The van der Waals surface area contributed by atoms with E-state index in [0.717, 1.165) is 0 Å². The van der Waals surface area contributed by atoms with Gasteiger partial charge in [-0.1, -0.05) is 207 Å². The van der Waals surface area contributed by atoms with Crippen molar-refractivity contribution in [3.8, 4) is 0 Å². The Labute approximate surface area is 285 Å². The van der Waals surface area contributed by atoms with Gasteiger partial charge in [-0.2, -0.15) is 0 Å². The number of hydrogen-bond acceptors (Lipinski definition) is 0. The van der Waals surface area contributed by atoms with Gasteiger partial charge in [0, 0.05) is 18.1 Å². The zero-order valence-electron chi connectivity index (χ0n) is 31.6. The van der Waals surface area contributed by atoms with Gasteiger partial charge in [0.05, 0.1) is 0 Å². The third kappa shape index (κ3) is 27.9. The molecule has 264 valence electrons. The lowest BCUT2D eigenvalue weighted by atomic mass is 9.97. The Morgan fingerprint density at radius 1 is 0.333 bits per heavy atom. The first kappa shape index (κ1) is 42.2. The maximum atomic E-state index is 2.55. The van der Waals surface area contributed by atoms with E-state index < -0.39 is 0 Å². The number of aryl methyl sites for hydroxylation is 3. The molecule has 0 amide bonds. The Hall–Kier alpha value is -0.850. The highest BCUT2D eigenvalue weighted by Gasteiger charge is 2.10. The summed E-state index contributed by atoms with van der Waals surface area (Å²) >= 11 is 0. The van der Waals surface area contributed by atoms with Gasteiger partial charge in [0.2, 0.25) is 0 Å². The Morgan fingerprint density at radius 3 is 0.978 bits per heavy atom. The molecule has 0 saturated carbocycles. The zero-order valence-corrected chi connectivity index (χ0v) is 31.6. The van der Waals surface area contributed by atoms with E-state index in [1.54, 1.807) is 11.1 Å². The summed E-state index contributed by atoms with van der Waals surface area (Å²) in [5.74, 6) is 0. The summed E-state index contributed by atoms with van der Waals surface area (Å²) in [6.07, 6.45) is 54.8. The first-order valence-electron chi connectivity index (χ1n) is 21.3. The molecule has 0 aliphatic rings. The summed E-state index contributed by atoms with van der Waals surface area (Å²) in [6, 6.07) is 2.49. The summed E-state index contributed by atoms with van der Waals surface area (Å²) in [4.78, 5) is 0. The summed E-state index contributed by atoms with van der Waals surface area (Å²) in [5, 5.41) is 0. The fraction of sp³-hybridized carbons (Fsp3) is 0.886. The van der Waals surface area contributed by atoms with Crippen LogP contribution in [0.3, 0.4) is 0 Å². The molecule has 0 N–H and O–H groups in total. The number of aromatic nitrogens is 1. The molecule has 0 spiro atoms. The summed E-state index contributed by atoms with van der Waals surface area (Å²) in [5.41, 5.74) is 3.32. The zero-order chi connectivity index (χ0) is 32.3. The van der Waals surface area contributed by atoms with E-state index in [1.807, 2.05) is 0 Å². The van der Waals surface area contributed by atoms with Crippen LogP contribution in [0.1, 0.15) is 244 Å². The second-order valence-electron chi connectivity index (χ2n) is 14.8. The molecule has 45 heavy (non-hydrogen) atoms. The second-order valence-corrected chi connectivity index (χ2v) is 14.8. The molecule has 0 radical (unpaired) electrons. The number of pyridine rings is 1. The van der Waals surface area contributed by atoms with E-state index in [2.05, 4.69) is 43.8 Å². The molecule has 0 aromatic carbocycles. The van der Waals surface area contributed by atoms with Crippen molar-refractivity contribution in [3.05, 3.63) is 29.6 Å². The molecule has 0 atom stereocenters. The van der Waals surface area contributed by atoms with E-state index in [-0.39, 0.29) is 0 Å². The molecule has 1 heteroatoms. The fourth-order valence-electron chi connectivity index (χ4n) is 7.14. The fourth-order valence-corrected chi connectivity index (χ4v) is 7.14. The van der Waals surface area contributed by atoms with E-state index in [0.29, 0.717) is 0 Å². The molecule has 1 heterocycles. The van der Waals surface area contributed by atoms with Crippen LogP contribution in [0.4, 0.5) is 0 Å². The quantitative estimate of drug-likeness (QED) is 0.0515. The Kier molecular flexibility index (Phi) is 32.3. The smallest absolute Gasteiger partial charge is 0.172 e. The van der Waals surface area contributed by atoms with Crippen LogP contribution in [0, 0.1) is 0 Å². The Bertz CT molecular complexity index is 709. The van der Waals surface area contributed by atoms with Gasteiger partial charge in [-0.3, -0.25) is 0 Å². The number of unbranched alkanes of at least 4 members (excludes halogenated alkanes) is 30. The van der Waals surface area contributed by atoms with E-state index in [9.17, 15) is 0 Å². The van der Waals surface area contributed by atoms with Gasteiger partial charge >= 0.3 is 0 Å². The first-order valence-corrected chi connectivity index (χ1v) is 21.3. The molecule has 0 aliphatic carbocycles. The van der Waals surface area contributed by atoms with Crippen molar-refractivity contribution in [1.29, 1.82) is 0 Å². The lowest BCUT2D eigenvalue weighted by Crippen LogP contribution is -2.34. The molecular formula is C44H84N+. The molecule has 1 aromatic heterocycles. The van der Waals surface area contributed by atoms with Crippen LogP contribution in [-0.4, -0.2) is 0 Å². The third-order valence-corrected chi connectivity index (χ3v) is 10.3. The van der Waals surface area contributed by atoms with Gasteiger partial charge in [0.15, 0.2) is 12.4 Å². The van der Waals surface area contributed by atoms with Crippen molar-refractivity contribution in [2.75, 3.05) is 0 Å². The van der Waals surface area contributed by atoms with Gasteiger partial charge in [-0.25, -0.2) is 4.57 Å². The molecule has 0 aliphatic heterocycles. The monoisotopic (exact) mass is 627 g/mol. The SMILES string of the molecule is CCCCCCCCCCCCCCCCCCC[n+]1ccc(CCCCCCCCCC)c(CCCCCCCCCC)c1. The molecule has 1 rings (SSSR count). The maximum Gasteiger partial charge on any atom is 0.172 e. The normalized spacial score (nSPS) is 11.5. The van der Waals surface area contributed by atoms with Crippen LogP contribution in [0.15, 0.2) is 18.5 Å². The predicted molar refractivity (Wildman–Crippen MR) is 203 cm³/mol. The van der Waals surface area contributed by atoms with Crippen molar-refractivity contribution in [3.63, 3.8) is 0 Å². The summed E-state index contributed by atoms with van der Waals surface area (Å²) in [7, 11) is 0. The lowest BCUT2D eigenvalue weighted by molar-refractivity contribution is -0.697. The molecule has 0 bridgehead atoms. The largest absolute Gasteiger partial charge is 0.205 e. The summed E-state index contributed by atoms with van der Waals surface area (Å²) < 4.78 is 2.53. The molecular weight excluding hydrogens is 542 g/mol. The number of rotatable bonds is 36. The lowest BCUT2D eigenvalue weighted by Gasteiger charge is -2.10. The van der Waals surface area contributed by atoms with E-state index in [4.69, 9.17) is 0 Å². The van der Waals surface area contributed by atoms with Gasteiger partial charge in [0.1, 0.15) is 6.54 Å². The van der Waals surface area contributed by atoms with Crippen molar-refractivity contribution in [2.24, 2.45) is 0 Å².